The van der Waals surface area contributed by atoms with E-state index in [9.17, 15) is 14.7 Å². The number of pyridine rings is 1. The third-order valence-electron chi connectivity index (χ3n) is 7.56. The normalized spacial score (nSPS) is 22.2. The van der Waals surface area contributed by atoms with Crippen LogP contribution in [0, 0.1) is 5.92 Å². The summed E-state index contributed by atoms with van der Waals surface area (Å²) in [7, 11) is 0. The lowest BCUT2D eigenvalue weighted by atomic mass is 9.83. The van der Waals surface area contributed by atoms with E-state index < -0.39 is 0 Å². The van der Waals surface area contributed by atoms with Crippen molar-refractivity contribution in [1.29, 1.82) is 0 Å². The molecule has 3 aliphatic rings. The molecule has 5 heterocycles. The van der Waals surface area contributed by atoms with Crippen LogP contribution in [0.5, 0.6) is 5.75 Å². The molecule has 2 aromatic heterocycles. The summed E-state index contributed by atoms with van der Waals surface area (Å²) in [6.45, 7) is 4.99. The van der Waals surface area contributed by atoms with E-state index in [1.165, 1.54) is 17.2 Å². The maximum absolute atomic E-state index is 12.6. The Morgan fingerprint density at radius 3 is 2.68 bits per heavy atom. The van der Waals surface area contributed by atoms with Crippen LogP contribution in [0.25, 0.3) is 0 Å². The molecule has 7 nitrogen and oxygen atoms in total. The third-order valence-corrected chi connectivity index (χ3v) is 7.56. The molecular weight excluding hydrogens is 430 g/mol. The Kier molecular flexibility index (Phi) is 5.38. The SMILES string of the molecule is O=c1cc(CN2CC3CC(C2)c2cccc(=O)n2C3)oc(CN2CCc3ccccc3C2)c1O. The maximum Gasteiger partial charge on any atom is 0.250 e. The topological polar surface area (TPSA) is 78.9 Å². The van der Waals surface area contributed by atoms with Gasteiger partial charge in [-0.25, -0.2) is 0 Å². The number of likely N-dealkylation sites (tertiary alicyclic amines) is 1. The van der Waals surface area contributed by atoms with Crippen molar-refractivity contribution < 1.29 is 9.52 Å². The van der Waals surface area contributed by atoms with Crippen LogP contribution in [0.2, 0.25) is 0 Å². The zero-order chi connectivity index (χ0) is 23.2. The second-order valence-electron chi connectivity index (χ2n) is 9.97. The van der Waals surface area contributed by atoms with Crippen LogP contribution in [-0.4, -0.2) is 39.1 Å². The molecule has 34 heavy (non-hydrogen) atoms. The fraction of sp³-hybridized carbons (Fsp3) is 0.407. The molecular formula is C27H29N3O4. The summed E-state index contributed by atoms with van der Waals surface area (Å²) in [5, 5.41) is 10.4. The highest BCUT2D eigenvalue weighted by molar-refractivity contribution is 5.30. The molecule has 176 valence electrons. The Morgan fingerprint density at radius 2 is 1.79 bits per heavy atom. The lowest BCUT2D eigenvalue weighted by Crippen LogP contribution is -2.46. The van der Waals surface area contributed by atoms with Gasteiger partial charge < -0.3 is 14.1 Å². The minimum absolute atomic E-state index is 0.0789. The molecule has 6 rings (SSSR count). The Labute approximate surface area is 197 Å². The molecule has 3 aliphatic heterocycles. The lowest BCUT2D eigenvalue weighted by Gasteiger charge is -2.42. The van der Waals surface area contributed by atoms with Gasteiger partial charge in [0.05, 0.1) is 13.1 Å². The molecule has 0 spiro atoms. The first-order valence-corrected chi connectivity index (χ1v) is 12.1. The van der Waals surface area contributed by atoms with Gasteiger partial charge in [-0.05, 0) is 36.0 Å². The number of hydrogen-bond acceptors (Lipinski definition) is 6. The summed E-state index contributed by atoms with van der Waals surface area (Å²) in [5.74, 6) is 1.35. The van der Waals surface area contributed by atoms with Gasteiger partial charge in [-0.3, -0.25) is 19.4 Å². The summed E-state index contributed by atoms with van der Waals surface area (Å²) in [6.07, 6.45) is 2.03. The number of piperidine rings is 1. The molecule has 1 fully saturated rings. The predicted octanol–water partition coefficient (Wildman–Crippen LogP) is 2.68. The van der Waals surface area contributed by atoms with E-state index in [4.69, 9.17) is 4.42 Å². The van der Waals surface area contributed by atoms with E-state index in [2.05, 4.69) is 34.1 Å². The van der Waals surface area contributed by atoms with Crippen molar-refractivity contribution in [1.82, 2.24) is 14.4 Å². The van der Waals surface area contributed by atoms with Gasteiger partial charge in [-0.1, -0.05) is 30.3 Å². The molecule has 7 heteroatoms. The van der Waals surface area contributed by atoms with E-state index in [1.807, 2.05) is 16.7 Å². The van der Waals surface area contributed by atoms with Crippen molar-refractivity contribution in [3.05, 3.63) is 97.4 Å². The predicted molar refractivity (Wildman–Crippen MR) is 128 cm³/mol. The molecule has 0 amide bonds. The molecule has 3 aromatic rings. The van der Waals surface area contributed by atoms with Crippen molar-refractivity contribution in [2.75, 3.05) is 19.6 Å². The van der Waals surface area contributed by atoms with Gasteiger partial charge >= 0.3 is 0 Å². The number of aromatic nitrogens is 1. The highest BCUT2D eigenvalue weighted by atomic mass is 16.4. The first kappa shape index (κ1) is 21.4. The summed E-state index contributed by atoms with van der Waals surface area (Å²) < 4.78 is 8.03. The summed E-state index contributed by atoms with van der Waals surface area (Å²) in [6, 6.07) is 15.4. The third kappa shape index (κ3) is 3.99. The summed E-state index contributed by atoms with van der Waals surface area (Å²) >= 11 is 0. The second-order valence-corrected chi connectivity index (χ2v) is 9.97. The van der Waals surface area contributed by atoms with Crippen LogP contribution in [0.4, 0.5) is 0 Å². The van der Waals surface area contributed by atoms with Crippen LogP contribution in [0.1, 0.15) is 40.7 Å². The fourth-order valence-corrected chi connectivity index (χ4v) is 6.01. The highest BCUT2D eigenvalue weighted by Gasteiger charge is 2.34. The Hall–Kier alpha value is -3.16. The van der Waals surface area contributed by atoms with Gasteiger partial charge in [0, 0.05) is 56.5 Å². The summed E-state index contributed by atoms with van der Waals surface area (Å²) in [4.78, 5) is 29.4. The van der Waals surface area contributed by atoms with Gasteiger partial charge in [0.1, 0.15) is 5.76 Å². The van der Waals surface area contributed by atoms with Gasteiger partial charge in [-0.2, -0.15) is 0 Å². The molecule has 0 radical (unpaired) electrons. The van der Waals surface area contributed by atoms with Crippen LogP contribution >= 0.6 is 0 Å². The van der Waals surface area contributed by atoms with Crippen molar-refractivity contribution in [2.45, 2.75) is 44.9 Å². The fourth-order valence-electron chi connectivity index (χ4n) is 6.01. The first-order valence-electron chi connectivity index (χ1n) is 12.1. The number of aromatic hydroxyl groups is 1. The van der Waals surface area contributed by atoms with Crippen molar-refractivity contribution in [3.63, 3.8) is 0 Å². The number of fused-ring (bicyclic) bond motifs is 5. The molecule has 1 saturated heterocycles. The van der Waals surface area contributed by atoms with Gasteiger partial charge in [0.2, 0.25) is 11.2 Å². The lowest BCUT2D eigenvalue weighted by molar-refractivity contribution is 0.105. The van der Waals surface area contributed by atoms with E-state index in [0.717, 1.165) is 51.3 Å². The number of hydrogen-bond donors (Lipinski definition) is 1. The zero-order valence-electron chi connectivity index (χ0n) is 19.2. The monoisotopic (exact) mass is 459 g/mol. The van der Waals surface area contributed by atoms with Crippen LogP contribution in [-0.2, 0) is 32.6 Å². The molecule has 2 atom stereocenters. The summed E-state index contributed by atoms with van der Waals surface area (Å²) in [5.41, 5.74) is 3.44. The maximum atomic E-state index is 12.6. The average Bonchev–Trinajstić information content (AvgIpc) is 2.83. The minimum atomic E-state index is -0.386. The van der Waals surface area contributed by atoms with Crippen LogP contribution in [0.15, 0.2) is 62.5 Å². The highest BCUT2D eigenvalue weighted by Crippen LogP contribution is 2.35. The Bertz CT molecular complexity index is 1340. The standard InChI is InChI=1S/C27H29N3O4/c31-24-11-22(16-29-12-18-10-21(15-29)23-6-3-7-26(32)30(23)13-18)34-25(27(24)33)17-28-9-8-19-4-1-2-5-20(19)14-28/h1-7,11,18,21,33H,8-10,12-17H2. The second kappa shape index (κ2) is 8.56. The van der Waals surface area contributed by atoms with Crippen LogP contribution in [0.3, 0.4) is 0 Å². The van der Waals surface area contributed by atoms with E-state index >= 15 is 0 Å². The van der Waals surface area contributed by atoms with E-state index in [0.29, 0.717) is 36.4 Å². The largest absolute Gasteiger partial charge is 0.502 e. The van der Waals surface area contributed by atoms with Crippen molar-refractivity contribution in [2.24, 2.45) is 5.92 Å². The molecule has 0 aliphatic carbocycles. The van der Waals surface area contributed by atoms with Gasteiger partial charge in [-0.15, -0.1) is 0 Å². The Morgan fingerprint density at radius 1 is 0.941 bits per heavy atom. The number of rotatable bonds is 4. The first-order chi connectivity index (χ1) is 16.5. The molecule has 2 bridgehead atoms. The van der Waals surface area contributed by atoms with Gasteiger partial charge in [0.25, 0.3) is 5.56 Å². The number of benzene rings is 1. The van der Waals surface area contributed by atoms with Gasteiger partial charge in [0.15, 0.2) is 5.76 Å². The molecule has 1 N–H and O–H groups in total. The number of nitrogens with zero attached hydrogens (tertiary/aromatic N) is 3. The molecule has 0 saturated carbocycles. The van der Waals surface area contributed by atoms with Crippen molar-refractivity contribution >= 4 is 0 Å². The molecule has 2 unspecified atom stereocenters. The minimum Gasteiger partial charge on any atom is -0.502 e. The van der Waals surface area contributed by atoms with Crippen molar-refractivity contribution in [3.8, 4) is 5.75 Å². The smallest absolute Gasteiger partial charge is 0.250 e. The quantitative estimate of drug-likeness (QED) is 0.646. The Balaban J connectivity index is 1.19. The average molecular weight is 460 g/mol. The molecule has 1 aromatic carbocycles. The van der Waals surface area contributed by atoms with E-state index in [-0.39, 0.29) is 16.7 Å². The van der Waals surface area contributed by atoms with Crippen LogP contribution < -0.4 is 11.0 Å². The zero-order valence-corrected chi connectivity index (χ0v) is 19.2. The van der Waals surface area contributed by atoms with E-state index in [1.54, 1.807) is 6.07 Å².